The number of ether oxygens (including phenoxy) is 1. The van der Waals surface area contributed by atoms with Crippen molar-refractivity contribution in [2.75, 3.05) is 19.0 Å². The molecule has 0 saturated carbocycles. The minimum atomic E-state index is -0.210. The summed E-state index contributed by atoms with van der Waals surface area (Å²) < 4.78 is 5.09. The van der Waals surface area contributed by atoms with E-state index in [0.717, 1.165) is 37.7 Å². The lowest BCUT2D eigenvalue weighted by molar-refractivity contribution is -0.118. The van der Waals surface area contributed by atoms with Crippen molar-refractivity contribution in [2.45, 2.75) is 38.4 Å². The van der Waals surface area contributed by atoms with Gasteiger partial charge in [0.1, 0.15) is 5.78 Å². The van der Waals surface area contributed by atoms with Crippen LogP contribution in [0.3, 0.4) is 0 Å². The molecule has 1 rings (SSSR count). The average Bonchev–Trinajstić information content (AvgIpc) is 2.16. The zero-order chi connectivity index (χ0) is 10.6. The third-order valence-corrected chi connectivity index (χ3v) is 4.52. The normalized spacial score (nSPS) is 19.6. The van der Waals surface area contributed by atoms with Gasteiger partial charge in [-0.3, -0.25) is 4.79 Å². The van der Waals surface area contributed by atoms with Gasteiger partial charge in [-0.05, 0) is 45.3 Å². The maximum absolute atomic E-state index is 11.3. The molecule has 0 aromatic carbocycles. The van der Waals surface area contributed by atoms with Crippen LogP contribution in [0, 0.1) is 5.92 Å². The highest BCUT2D eigenvalue weighted by Crippen LogP contribution is 2.30. The van der Waals surface area contributed by atoms with E-state index in [2.05, 4.69) is 0 Å². The lowest BCUT2D eigenvalue weighted by atomic mass is 10.0. The first-order valence-corrected chi connectivity index (χ1v) is 6.23. The van der Waals surface area contributed by atoms with Crippen LogP contribution in [0.15, 0.2) is 0 Å². The topological polar surface area (TPSA) is 26.3 Å². The molecule has 0 unspecified atom stereocenters. The fraction of sp³-hybridized carbons (Fsp3) is 0.909. The van der Waals surface area contributed by atoms with Gasteiger partial charge in [0.25, 0.3) is 0 Å². The van der Waals surface area contributed by atoms with Crippen LogP contribution < -0.4 is 0 Å². The second kappa shape index (κ2) is 5.17. The van der Waals surface area contributed by atoms with Crippen molar-refractivity contribution < 1.29 is 9.53 Å². The van der Waals surface area contributed by atoms with Crippen molar-refractivity contribution in [1.82, 2.24) is 0 Å². The monoisotopic (exact) mass is 216 g/mol. The summed E-state index contributed by atoms with van der Waals surface area (Å²) in [5, 5.41) is 0. The van der Waals surface area contributed by atoms with Crippen LogP contribution in [0.25, 0.3) is 0 Å². The Morgan fingerprint density at radius 1 is 1.43 bits per heavy atom. The Kier molecular flexibility index (Phi) is 4.45. The molecular weight excluding hydrogens is 196 g/mol. The fourth-order valence-electron chi connectivity index (χ4n) is 1.34. The van der Waals surface area contributed by atoms with Crippen molar-refractivity contribution in [1.29, 1.82) is 0 Å². The number of hydrogen-bond donors (Lipinski definition) is 0. The van der Waals surface area contributed by atoms with Crippen LogP contribution in [-0.2, 0) is 9.53 Å². The van der Waals surface area contributed by atoms with Crippen molar-refractivity contribution in [3.8, 4) is 0 Å². The largest absolute Gasteiger partial charge is 0.381 e. The summed E-state index contributed by atoms with van der Waals surface area (Å²) >= 11 is 1.79. The second-order valence-corrected chi connectivity index (χ2v) is 6.08. The van der Waals surface area contributed by atoms with Gasteiger partial charge >= 0.3 is 0 Å². The van der Waals surface area contributed by atoms with Gasteiger partial charge in [-0.1, -0.05) is 0 Å². The minimum absolute atomic E-state index is 0.210. The third kappa shape index (κ3) is 3.62. The zero-order valence-corrected chi connectivity index (χ0v) is 10.2. The number of hydrogen-bond acceptors (Lipinski definition) is 3. The van der Waals surface area contributed by atoms with E-state index in [9.17, 15) is 4.79 Å². The minimum Gasteiger partial charge on any atom is -0.381 e. The number of carbonyl (C=O) groups is 1. The van der Waals surface area contributed by atoms with Crippen LogP contribution in [-0.4, -0.2) is 29.5 Å². The summed E-state index contributed by atoms with van der Waals surface area (Å²) in [5.74, 6) is 2.11. The summed E-state index contributed by atoms with van der Waals surface area (Å²) in [4.78, 5) is 11.3. The molecule has 0 aromatic heterocycles. The Labute approximate surface area is 90.8 Å². The smallest absolute Gasteiger partial charge is 0.145 e. The Balaban J connectivity index is 2.28. The van der Waals surface area contributed by atoms with Crippen molar-refractivity contribution in [3.05, 3.63) is 0 Å². The highest BCUT2D eigenvalue weighted by Gasteiger charge is 2.26. The number of thioether (sulfide) groups is 1. The van der Waals surface area contributed by atoms with Gasteiger partial charge in [-0.2, -0.15) is 0 Å². The van der Waals surface area contributed by atoms with E-state index in [1.54, 1.807) is 18.7 Å². The van der Waals surface area contributed by atoms with Gasteiger partial charge < -0.3 is 4.74 Å². The van der Waals surface area contributed by atoms with Gasteiger partial charge in [0.2, 0.25) is 0 Å². The maximum atomic E-state index is 11.3. The van der Waals surface area contributed by atoms with E-state index >= 15 is 0 Å². The summed E-state index contributed by atoms with van der Waals surface area (Å²) in [7, 11) is 0. The third-order valence-electron chi connectivity index (χ3n) is 2.87. The van der Waals surface area contributed by atoms with E-state index in [1.807, 2.05) is 13.8 Å². The first-order valence-electron chi connectivity index (χ1n) is 5.25. The molecule has 0 aliphatic carbocycles. The summed E-state index contributed by atoms with van der Waals surface area (Å²) in [6.07, 6.45) is 2.31. The van der Waals surface area contributed by atoms with Crippen LogP contribution in [0.5, 0.6) is 0 Å². The standard InChI is InChI=1S/C11H20O2S/c1-9(12)11(2,3)14-8-10-4-6-13-7-5-10/h10H,4-8H2,1-3H3. The quantitative estimate of drug-likeness (QED) is 0.722. The van der Waals surface area contributed by atoms with Crippen molar-refractivity contribution in [3.63, 3.8) is 0 Å². The molecule has 14 heavy (non-hydrogen) atoms. The van der Waals surface area contributed by atoms with E-state index < -0.39 is 0 Å². The molecule has 1 fully saturated rings. The van der Waals surface area contributed by atoms with E-state index in [-0.39, 0.29) is 10.5 Å². The van der Waals surface area contributed by atoms with Crippen LogP contribution in [0.1, 0.15) is 33.6 Å². The highest BCUT2D eigenvalue weighted by atomic mass is 32.2. The number of Topliss-reactive ketones (excluding diaryl/α,β-unsaturated/α-hetero) is 1. The van der Waals surface area contributed by atoms with Gasteiger partial charge in [0.05, 0.1) is 4.75 Å². The first kappa shape index (κ1) is 12.1. The van der Waals surface area contributed by atoms with Gasteiger partial charge in [0.15, 0.2) is 0 Å². The summed E-state index contributed by atoms with van der Waals surface area (Å²) in [6, 6.07) is 0. The maximum Gasteiger partial charge on any atom is 0.145 e. The molecule has 0 N–H and O–H groups in total. The molecule has 0 spiro atoms. The number of rotatable bonds is 4. The molecule has 1 aliphatic rings. The fourth-order valence-corrected chi connectivity index (χ4v) is 2.53. The van der Waals surface area contributed by atoms with Crippen molar-refractivity contribution >= 4 is 17.5 Å². The molecule has 0 aromatic rings. The van der Waals surface area contributed by atoms with E-state index in [0.29, 0.717) is 0 Å². The lowest BCUT2D eigenvalue weighted by Gasteiger charge is -2.26. The number of carbonyl (C=O) groups excluding carboxylic acids is 1. The molecule has 1 aliphatic heterocycles. The molecule has 3 heteroatoms. The van der Waals surface area contributed by atoms with Gasteiger partial charge in [-0.25, -0.2) is 0 Å². The van der Waals surface area contributed by atoms with Crippen molar-refractivity contribution in [2.24, 2.45) is 5.92 Å². The van der Waals surface area contributed by atoms with Gasteiger partial charge in [-0.15, -0.1) is 11.8 Å². The second-order valence-electron chi connectivity index (χ2n) is 4.43. The Morgan fingerprint density at radius 3 is 2.50 bits per heavy atom. The predicted molar refractivity (Wildman–Crippen MR) is 60.8 cm³/mol. The molecule has 1 heterocycles. The highest BCUT2D eigenvalue weighted by molar-refractivity contribution is 8.01. The Morgan fingerprint density at radius 2 is 2.00 bits per heavy atom. The molecule has 1 saturated heterocycles. The molecule has 0 atom stereocenters. The molecule has 82 valence electrons. The SMILES string of the molecule is CC(=O)C(C)(C)SCC1CCOCC1. The van der Waals surface area contributed by atoms with Crippen LogP contribution in [0.2, 0.25) is 0 Å². The zero-order valence-electron chi connectivity index (χ0n) is 9.34. The van der Waals surface area contributed by atoms with Crippen LogP contribution >= 0.6 is 11.8 Å². The molecule has 0 bridgehead atoms. The van der Waals surface area contributed by atoms with Gasteiger partial charge in [0, 0.05) is 13.2 Å². The summed E-state index contributed by atoms with van der Waals surface area (Å²) in [6.45, 7) is 7.49. The molecule has 0 amide bonds. The molecule has 2 nitrogen and oxygen atoms in total. The lowest BCUT2D eigenvalue weighted by Crippen LogP contribution is -2.27. The van der Waals surface area contributed by atoms with E-state index in [1.165, 1.54) is 0 Å². The predicted octanol–water partition coefficient (Wildman–Crippen LogP) is 2.51. The Bertz CT molecular complexity index is 195. The molecular formula is C11H20O2S. The Hall–Kier alpha value is -0.0200. The number of ketones is 1. The average molecular weight is 216 g/mol. The first-order chi connectivity index (χ1) is 6.52. The van der Waals surface area contributed by atoms with E-state index in [4.69, 9.17) is 4.74 Å². The summed E-state index contributed by atoms with van der Waals surface area (Å²) in [5.41, 5.74) is 0. The van der Waals surface area contributed by atoms with Crippen LogP contribution in [0.4, 0.5) is 0 Å². The molecule has 0 radical (unpaired) electrons.